The lowest BCUT2D eigenvalue weighted by Gasteiger charge is -2.10. The number of aromatic nitrogens is 1. The Morgan fingerprint density at radius 2 is 1.71 bits per heavy atom. The van der Waals surface area contributed by atoms with Crippen molar-refractivity contribution < 1.29 is 0 Å². The third kappa shape index (κ3) is 3.23. The second kappa shape index (κ2) is 7.20. The van der Waals surface area contributed by atoms with Crippen LogP contribution >= 0.6 is 23.1 Å². The first kappa shape index (κ1) is 15.4. The Bertz CT molecular complexity index is 909. The van der Waals surface area contributed by atoms with E-state index in [2.05, 4.69) is 63.5 Å². The molecule has 1 aliphatic heterocycles. The van der Waals surface area contributed by atoms with Gasteiger partial charge in [-0.15, -0.1) is 11.3 Å². The molecular formula is C19H17N3S2. The van der Waals surface area contributed by atoms with Crippen molar-refractivity contribution in [2.24, 2.45) is 9.98 Å². The lowest BCUT2D eigenvalue weighted by atomic mass is 10.1. The van der Waals surface area contributed by atoms with Gasteiger partial charge in [-0.3, -0.25) is 9.56 Å². The third-order valence-electron chi connectivity index (χ3n) is 3.76. The number of amidine groups is 1. The van der Waals surface area contributed by atoms with E-state index in [-0.39, 0.29) is 0 Å². The summed E-state index contributed by atoms with van der Waals surface area (Å²) in [5.41, 5.74) is 3.47. The van der Waals surface area contributed by atoms with E-state index in [4.69, 9.17) is 4.99 Å². The summed E-state index contributed by atoms with van der Waals surface area (Å²) in [6, 6.07) is 20.9. The van der Waals surface area contributed by atoms with E-state index in [9.17, 15) is 0 Å². The van der Waals surface area contributed by atoms with Crippen LogP contribution in [0, 0.1) is 0 Å². The monoisotopic (exact) mass is 351 g/mol. The van der Waals surface area contributed by atoms with Crippen LogP contribution in [0.1, 0.15) is 6.42 Å². The molecule has 2 heterocycles. The standard InChI is InChI=1S/C19H17N3S2/c1-3-8-15(9-4-1)17-14-24-19(21-18-20-12-7-13-23-18)22(17)16-10-5-2-6-11-16/h1-6,8-11,14H,7,12-13H2. The fourth-order valence-electron chi connectivity index (χ4n) is 2.62. The molecule has 0 radical (unpaired) electrons. The first-order valence-corrected chi connectivity index (χ1v) is 9.82. The Morgan fingerprint density at radius 1 is 0.958 bits per heavy atom. The van der Waals surface area contributed by atoms with Crippen molar-refractivity contribution in [1.82, 2.24) is 4.57 Å². The van der Waals surface area contributed by atoms with Gasteiger partial charge in [0.15, 0.2) is 9.97 Å². The molecule has 5 heteroatoms. The molecule has 0 spiro atoms. The molecule has 1 aliphatic rings. The quantitative estimate of drug-likeness (QED) is 0.663. The van der Waals surface area contributed by atoms with Crippen LogP contribution in [0.5, 0.6) is 0 Å². The molecule has 0 saturated heterocycles. The number of aliphatic imine (C=N–C) groups is 1. The summed E-state index contributed by atoms with van der Waals surface area (Å²) in [7, 11) is 0. The fourth-order valence-corrected chi connectivity index (χ4v) is 4.38. The van der Waals surface area contributed by atoms with Crippen molar-refractivity contribution in [1.29, 1.82) is 0 Å². The first-order chi connectivity index (χ1) is 11.9. The van der Waals surface area contributed by atoms with E-state index in [0.29, 0.717) is 0 Å². The molecule has 0 fully saturated rings. The molecule has 0 aliphatic carbocycles. The molecule has 0 atom stereocenters. The second-order valence-electron chi connectivity index (χ2n) is 5.42. The number of thioether (sulfide) groups is 1. The second-order valence-corrected chi connectivity index (χ2v) is 7.32. The zero-order valence-electron chi connectivity index (χ0n) is 13.1. The van der Waals surface area contributed by atoms with Crippen LogP contribution in [-0.2, 0) is 0 Å². The van der Waals surface area contributed by atoms with E-state index in [1.807, 2.05) is 12.1 Å². The van der Waals surface area contributed by atoms with Crippen LogP contribution in [0.15, 0.2) is 76.0 Å². The number of benzene rings is 2. The Labute approximate surface area is 149 Å². The minimum atomic E-state index is 0.883. The number of thiazole rings is 1. The number of hydrogen-bond donors (Lipinski definition) is 0. The predicted molar refractivity (Wildman–Crippen MR) is 104 cm³/mol. The molecule has 3 nitrogen and oxygen atoms in total. The summed E-state index contributed by atoms with van der Waals surface area (Å²) < 4.78 is 2.22. The number of nitrogens with zero attached hydrogens (tertiary/aromatic N) is 3. The van der Waals surface area contributed by atoms with Crippen LogP contribution in [0.3, 0.4) is 0 Å². The van der Waals surface area contributed by atoms with Crippen molar-refractivity contribution in [2.75, 3.05) is 12.3 Å². The maximum absolute atomic E-state index is 4.83. The molecule has 0 saturated carbocycles. The van der Waals surface area contributed by atoms with Gasteiger partial charge in [0.05, 0.1) is 5.69 Å². The van der Waals surface area contributed by atoms with Crippen molar-refractivity contribution in [3.8, 4) is 16.9 Å². The number of para-hydroxylation sites is 1. The SMILES string of the molecule is c1ccc(-c2csc(=NC3=NCCCS3)n2-c2ccccc2)cc1. The Balaban J connectivity index is 1.90. The van der Waals surface area contributed by atoms with Gasteiger partial charge in [0.25, 0.3) is 0 Å². The predicted octanol–water partition coefficient (Wildman–Crippen LogP) is 4.60. The summed E-state index contributed by atoms with van der Waals surface area (Å²) in [4.78, 5) is 10.3. The maximum Gasteiger partial charge on any atom is 0.197 e. The smallest absolute Gasteiger partial charge is 0.197 e. The van der Waals surface area contributed by atoms with Gasteiger partial charge in [-0.2, -0.15) is 4.99 Å². The third-order valence-corrected chi connectivity index (χ3v) is 5.56. The molecule has 1 aromatic heterocycles. The normalized spacial score (nSPS) is 15.3. The van der Waals surface area contributed by atoms with Crippen LogP contribution < -0.4 is 4.80 Å². The van der Waals surface area contributed by atoms with E-state index in [1.54, 1.807) is 23.1 Å². The van der Waals surface area contributed by atoms with E-state index < -0.39 is 0 Å². The van der Waals surface area contributed by atoms with E-state index in [1.165, 1.54) is 5.56 Å². The average Bonchev–Trinajstić information content (AvgIpc) is 3.07. The molecule has 120 valence electrons. The van der Waals surface area contributed by atoms with Gasteiger partial charge in [-0.25, -0.2) is 0 Å². The highest BCUT2D eigenvalue weighted by Crippen LogP contribution is 2.23. The summed E-state index contributed by atoms with van der Waals surface area (Å²) in [5.74, 6) is 1.10. The molecule has 0 amide bonds. The molecule has 0 N–H and O–H groups in total. The van der Waals surface area contributed by atoms with Gasteiger partial charge < -0.3 is 0 Å². The highest BCUT2D eigenvalue weighted by molar-refractivity contribution is 8.13. The fraction of sp³-hybridized carbons (Fsp3) is 0.158. The van der Waals surface area contributed by atoms with Crippen molar-refractivity contribution >= 4 is 28.3 Å². The molecule has 0 unspecified atom stereocenters. The largest absolute Gasteiger partial charge is 0.285 e. The molecule has 2 aromatic carbocycles. The molecule has 24 heavy (non-hydrogen) atoms. The van der Waals surface area contributed by atoms with Gasteiger partial charge in [0, 0.05) is 23.4 Å². The molecular weight excluding hydrogens is 334 g/mol. The zero-order valence-corrected chi connectivity index (χ0v) is 14.8. The summed E-state index contributed by atoms with van der Waals surface area (Å²) in [5, 5.41) is 3.07. The van der Waals surface area contributed by atoms with Crippen LogP contribution in [-0.4, -0.2) is 22.0 Å². The minimum absolute atomic E-state index is 0.883. The Morgan fingerprint density at radius 3 is 2.42 bits per heavy atom. The van der Waals surface area contributed by atoms with E-state index in [0.717, 1.165) is 40.1 Å². The molecule has 0 bridgehead atoms. The summed E-state index contributed by atoms with van der Waals surface area (Å²) in [6.07, 6.45) is 1.14. The Hall–Kier alpha value is -2.11. The number of hydrogen-bond acceptors (Lipinski definition) is 4. The van der Waals surface area contributed by atoms with Crippen molar-refractivity contribution in [2.45, 2.75) is 6.42 Å². The Kier molecular flexibility index (Phi) is 4.62. The van der Waals surface area contributed by atoms with Crippen LogP contribution in [0.25, 0.3) is 16.9 Å². The van der Waals surface area contributed by atoms with Gasteiger partial charge in [0.1, 0.15) is 0 Å². The van der Waals surface area contributed by atoms with Gasteiger partial charge in [-0.1, -0.05) is 60.3 Å². The molecule has 3 aromatic rings. The van der Waals surface area contributed by atoms with Crippen LogP contribution in [0.2, 0.25) is 0 Å². The first-order valence-electron chi connectivity index (χ1n) is 7.95. The lowest BCUT2D eigenvalue weighted by Crippen LogP contribution is -2.16. The summed E-state index contributed by atoms with van der Waals surface area (Å²) in [6.45, 7) is 0.883. The highest BCUT2D eigenvalue weighted by atomic mass is 32.2. The lowest BCUT2D eigenvalue weighted by molar-refractivity contribution is 0.932. The van der Waals surface area contributed by atoms with Gasteiger partial charge in [0.2, 0.25) is 0 Å². The van der Waals surface area contributed by atoms with Crippen molar-refractivity contribution in [3.63, 3.8) is 0 Å². The number of rotatable bonds is 2. The molecule has 4 rings (SSSR count). The zero-order chi connectivity index (χ0) is 16.2. The summed E-state index contributed by atoms with van der Waals surface area (Å²) >= 11 is 3.41. The van der Waals surface area contributed by atoms with Crippen LogP contribution in [0.4, 0.5) is 0 Å². The van der Waals surface area contributed by atoms with E-state index >= 15 is 0 Å². The highest BCUT2D eigenvalue weighted by Gasteiger charge is 2.11. The minimum Gasteiger partial charge on any atom is -0.285 e. The van der Waals surface area contributed by atoms with Crippen molar-refractivity contribution in [3.05, 3.63) is 70.8 Å². The maximum atomic E-state index is 4.83. The van der Waals surface area contributed by atoms with Gasteiger partial charge in [-0.05, 0) is 24.1 Å². The topological polar surface area (TPSA) is 29.6 Å². The average molecular weight is 352 g/mol. The van der Waals surface area contributed by atoms with Gasteiger partial charge >= 0.3 is 0 Å².